The van der Waals surface area contributed by atoms with E-state index in [-0.39, 0.29) is 30.9 Å². The van der Waals surface area contributed by atoms with Crippen LogP contribution in [0.25, 0.3) is 0 Å². The zero-order valence-electron chi connectivity index (χ0n) is 31.3. The molecule has 5 N–H and O–H groups in total. The molecule has 0 radical (unpaired) electrons. The number of amides is 5. The van der Waals surface area contributed by atoms with Crippen LogP contribution in [0.5, 0.6) is 0 Å². The predicted octanol–water partition coefficient (Wildman–Crippen LogP) is 4.39. The molecule has 282 valence electrons. The van der Waals surface area contributed by atoms with E-state index < -0.39 is 70.5 Å². The first-order valence-corrected chi connectivity index (χ1v) is 18.7. The Kier molecular flexibility index (Phi) is 13.3. The van der Waals surface area contributed by atoms with Gasteiger partial charge in [0.2, 0.25) is 17.6 Å². The molecule has 1 aromatic carbocycles. The number of likely N-dealkylation sites (tertiary alicyclic amines) is 1. The normalized spacial score (nSPS) is 22.2. The molecule has 0 spiro atoms. The van der Waals surface area contributed by atoms with Gasteiger partial charge in [-0.3, -0.25) is 19.2 Å². The smallest absolute Gasteiger partial charge is 0.329 e. The second kappa shape index (κ2) is 17.0. The van der Waals surface area contributed by atoms with Gasteiger partial charge in [-0.1, -0.05) is 110 Å². The third-order valence-electron chi connectivity index (χ3n) is 11.3. The Bertz CT molecular complexity index is 1410. The number of urea groups is 1. The number of rotatable bonds is 14. The van der Waals surface area contributed by atoms with E-state index in [2.05, 4.69) is 16.0 Å². The Morgan fingerprint density at radius 1 is 0.941 bits per heavy atom. The predicted molar refractivity (Wildman–Crippen MR) is 193 cm³/mol. The van der Waals surface area contributed by atoms with Crippen LogP contribution in [0.3, 0.4) is 0 Å². The second-order valence-corrected chi connectivity index (χ2v) is 16.7. The number of ether oxygens (including phenoxy) is 1. The molecule has 3 aliphatic rings. The zero-order chi connectivity index (χ0) is 37.5. The quantitative estimate of drug-likeness (QED) is 0.164. The molecular weight excluding hydrogens is 650 g/mol. The number of hydrogen-bond acceptors (Lipinski definition) is 7. The summed E-state index contributed by atoms with van der Waals surface area (Å²) in [7, 11) is 0. The number of carbonyl (C=O) groups excluding carboxylic acids is 6. The molecule has 4 rings (SSSR count). The van der Waals surface area contributed by atoms with Gasteiger partial charge in [0, 0.05) is 6.54 Å². The van der Waals surface area contributed by atoms with Crippen LogP contribution in [0.15, 0.2) is 30.3 Å². The van der Waals surface area contributed by atoms with Crippen molar-refractivity contribution in [3.63, 3.8) is 0 Å². The molecule has 5 amide bonds. The zero-order valence-corrected chi connectivity index (χ0v) is 31.3. The molecule has 5 atom stereocenters. The number of nitrogens with two attached hydrogens (primary N) is 1. The van der Waals surface area contributed by atoms with Crippen molar-refractivity contribution < 1.29 is 33.5 Å². The summed E-state index contributed by atoms with van der Waals surface area (Å²) in [6, 6.07) is 4.70. The number of hydrogen-bond donors (Lipinski definition) is 4. The summed E-state index contributed by atoms with van der Waals surface area (Å²) >= 11 is 0. The number of Topliss-reactive ketones (excluding diaryl/α,β-unsaturated/α-hetero) is 1. The van der Waals surface area contributed by atoms with Gasteiger partial charge in [-0.2, -0.15) is 0 Å². The molecule has 0 bridgehead atoms. The molecule has 1 heterocycles. The Hall–Kier alpha value is -3.96. The molecule has 3 fully saturated rings. The maximum Gasteiger partial charge on any atom is 0.329 e. The third-order valence-corrected chi connectivity index (χ3v) is 11.3. The van der Waals surface area contributed by atoms with Gasteiger partial charge in [0.1, 0.15) is 24.7 Å². The number of benzene rings is 1. The van der Waals surface area contributed by atoms with E-state index in [1.165, 1.54) is 4.90 Å². The first-order chi connectivity index (χ1) is 24.0. The minimum absolute atomic E-state index is 0.00825. The van der Waals surface area contributed by atoms with Crippen LogP contribution < -0.4 is 21.7 Å². The lowest BCUT2D eigenvalue weighted by atomic mass is 9.70. The van der Waals surface area contributed by atoms with Gasteiger partial charge < -0.3 is 31.3 Å². The van der Waals surface area contributed by atoms with Gasteiger partial charge in [-0.15, -0.1) is 0 Å². The summed E-state index contributed by atoms with van der Waals surface area (Å²) in [6.45, 7) is 11.9. The van der Waals surface area contributed by atoms with E-state index in [1.807, 2.05) is 71.9 Å². The molecule has 51 heavy (non-hydrogen) atoms. The lowest BCUT2D eigenvalue weighted by Crippen LogP contribution is -2.62. The SMILES string of the molecule is CC(C)[C@@H]1C[C@@H](C(=O)NC(CC2CCC2)C(=O)C(N)=O)N(C(=O)[C@@H](NC(=O)N[C@H](C(=O)OCc2ccccc2)C2(C)CCCCC2)C(C)(C)C)C1. The molecule has 1 saturated heterocycles. The molecule has 2 aliphatic carbocycles. The van der Waals surface area contributed by atoms with E-state index in [0.29, 0.717) is 12.8 Å². The van der Waals surface area contributed by atoms with Crippen molar-refractivity contribution in [1.82, 2.24) is 20.9 Å². The highest BCUT2D eigenvalue weighted by Crippen LogP contribution is 2.40. The topological polar surface area (TPSA) is 177 Å². The van der Waals surface area contributed by atoms with Crippen LogP contribution in [0.2, 0.25) is 0 Å². The largest absolute Gasteiger partial charge is 0.459 e. The Balaban J connectivity index is 1.53. The molecule has 1 aliphatic heterocycles. The van der Waals surface area contributed by atoms with Crippen LogP contribution in [0.4, 0.5) is 4.79 Å². The van der Waals surface area contributed by atoms with Gasteiger partial charge in [0.15, 0.2) is 0 Å². The average Bonchev–Trinajstić information content (AvgIpc) is 3.52. The van der Waals surface area contributed by atoms with E-state index in [4.69, 9.17) is 10.5 Å². The minimum Gasteiger partial charge on any atom is -0.459 e. The summed E-state index contributed by atoms with van der Waals surface area (Å²) in [6.07, 6.45) is 7.91. The van der Waals surface area contributed by atoms with Gasteiger partial charge in [-0.05, 0) is 59.8 Å². The van der Waals surface area contributed by atoms with Gasteiger partial charge in [-0.25, -0.2) is 9.59 Å². The molecule has 1 unspecified atom stereocenters. The van der Waals surface area contributed by atoms with E-state index in [0.717, 1.165) is 56.9 Å². The Morgan fingerprint density at radius 2 is 1.59 bits per heavy atom. The number of nitrogens with zero attached hydrogens (tertiary/aromatic N) is 1. The molecule has 1 aromatic rings. The highest BCUT2D eigenvalue weighted by atomic mass is 16.5. The number of primary amides is 1. The van der Waals surface area contributed by atoms with E-state index in [9.17, 15) is 28.8 Å². The summed E-state index contributed by atoms with van der Waals surface area (Å²) in [5, 5.41) is 8.54. The van der Waals surface area contributed by atoms with E-state index >= 15 is 0 Å². The lowest BCUT2D eigenvalue weighted by molar-refractivity contribution is -0.151. The Labute approximate surface area is 302 Å². The van der Waals surface area contributed by atoms with Gasteiger partial charge >= 0.3 is 12.0 Å². The molecule has 12 nitrogen and oxygen atoms in total. The lowest BCUT2D eigenvalue weighted by Gasteiger charge is -2.40. The van der Waals surface area contributed by atoms with Crippen molar-refractivity contribution in [3.8, 4) is 0 Å². The van der Waals surface area contributed by atoms with Crippen molar-refractivity contribution >= 4 is 35.5 Å². The fourth-order valence-corrected chi connectivity index (χ4v) is 7.67. The van der Waals surface area contributed by atoms with Crippen LogP contribution in [0.1, 0.15) is 111 Å². The summed E-state index contributed by atoms with van der Waals surface area (Å²) in [5.74, 6) is -3.08. The third kappa shape index (κ3) is 10.3. The number of carbonyl (C=O) groups is 6. The molecular formula is C39H59N5O7. The number of esters is 1. The van der Waals surface area contributed by atoms with Crippen molar-refractivity contribution in [2.24, 2.45) is 34.3 Å². The summed E-state index contributed by atoms with van der Waals surface area (Å²) < 4.78 is 5.73. The highest BCUT2D eigenvalue weighted by molar-refractivity contribution is 6.37. The van der Waals surface area contributed by atoms with Crippen LogP contribution in [-0.4, -0.2) is 71.1 Å². The first kappa shape index (κ1) is 39.8. The summed E-state index contributed by atoms with van der Waals surface area (Å²) in [5.41, 5.74) is 4.86. The maximum absolute atomic E-state index is 14.5. The maximum atomic E-state index is 14.5. The minimum atomic E-state index is -1.11. The molecule has 2 saturated carbocycles. The standard InChI is InChI=1S/C39H59N5O7/c1-24(2)27-21-29(34(47)41-28(30(45)33(40)46)20-25-16-13-17-25)44(22-27)35(48)31(38(3,4)5)42-37(50)43-32(39(6)18-11-8-12-19-39)36(49)51-23-26-14-9-7-10-15-26/h7,9-10,14-15,24-25,27-29,31-32H,8,11-13,16-23H2,1-6H3,(H2,40,46)(H,41,47)(H2,42,43,50)/t27-,28?,29+,31-,32-/m1/s1. The van der Waals surface area contributed by atoms with Crippen LogP contribution >= 0.6 is 0 Å². The fourth-order valence-electron chi connectivity index (χ4n) is 7.67. The Morgan fingerprint density at radius 3 is 2.14 bits per heavy atom. The highest BCUT2D eigenvalue weighted by Gasteiger charge is 2.47. The fraction of sp³-hybridized carbons (Fsp3) is 0.692. The van der Waals surface area contributed by atoms with Crippen molar-refractivity contribution in [2.45, 2.75) is 137 Å². The van der Waals surface area contributed by atoms with Crippen molar-refractivity contribution in [3.05, 3.63) is 35.9 Å². The van der Waals surface area contributed by atoms with Gasteiger partial charge in [0.05, 0.1) is 6.04 Å². The van der Waals surface area contributed by atoms with Crippen molar-refractivity contribution in [2.75, 3.05) is 6.54 Å². The van der Waals surface area contributed by atoms with E-state index in [1.54, 1.807) is 0 Å². The monoisotopic (exact) mass is 709 g/mol. The average molecular weight is 710 g/mol. The second-order valence-electron chi connectivity index (χ2n) is 16.7. The number of ketones is 1. The first-order valence-electron chi connectivity index (χ1n) is 18.7. The summed E-state index contributed by atoms with van der Waals surface area (Å²) in [4.78, 5) is 82.0. The van der Waals surface area contributed by atoms with Crippen LogP contribution in [0, 0.1) is 28.6 Å². The molecule has 12 heteroatoms. The number of nitrogens with one attached hydrogen (secondary N) is 3. The molecule has 0 aromatic heterocycles. The van der Waals surface area contributed by atoms with Gasteiger partial charge in [0.25, 0.3) is 5.91 Å². The van der Waals surface area contributed by atoms with Crippen molar-refractivity contribution in [1.29, 1.82) is 0 Å². The van der Waals surface area contributed by atoms with Crippen LogP contribution in [-0.2, 0) is 35.3 Å².